The molecule has 1 unspecified atom stereocenters. The summed E-state index contributed by atoms with van der Waals surface area (Å²) in [6.07, 6.45) is 1.56. The van der Waals surface area contributed by atoms with Gasteiger partial charge in [0.2, 0.25) is 5.95 Å². The highest BCUT2D eigenvalue weighted by molar-refractivity contribution is 8.01. The molecule has 3 N–H and O–H groups in total. The monoisotopic (exact) mass is 303 g/mol. The van der Waals surface area contributed by atoms with Crippen molar-refractivity contribution in [1.82, 2.24) is 9.97 Å². The molecule has 1 atom stereocenters. The Labute approximate surface area is 116 Å². The number of nitrogens with zero attached hydrogens (tertiary/aromatic N) is 3. The first kappa shape index (κ1) is 14.4. The summed E-state index contributed by atoms with van der Waals surface area (Å²) in [5.74, 6) is 7.72. The molecule has 1 aromatic rings. The summed E-state index contributed by atoms with van der Waals surface area (Å²) in [7, 11) is -3.15. The first-order valence-corrected chi connectivity index (χ1v) is 8.81. The van der Waals surface area contributed by atoms with E-state index in [1.54, 1.807) is 30.9 Å². The third-order valence-electron chi connectivity index (χ3n) is 2.97. The minimum atomic E-state index is -3.15. The minimum Gasteiger partial charge on any atom is -0.338 e. The van der Waals surface area contributed by atoms with Gasteiger partial charge in [-0.25, -0.2) is 19.2 Å². The van der Waals surface area contributed by atoms with Crippen molar-refractivity contribution in [2.45, 2.75) is 12.3 Å². The quantitative estimate of drug-likeness (QED) is 0.595. The van der Waals surface area contributed by atoms with E-state index in [4.69, 9.17) is 5.84 Å². The van der Waals surface area contributed by atoms with Crippen LogP contribution in [-0.2, 0) is 9.84 Å². The number of hydrogen-bond donors (Lipinski definition) is 2. The lowest BCUT2D eigenvalue weighted by Crippen LogP contribution is -2.48. The summed E-state index contributed by atoms with van der Waals surface area (Å²) in [6, 6.07) is 1.70. The lowest BCUT2D eigenvalue weighted by atomic mass is 10.4. The van der Waals surface area contributed by atoms with Gasteiger partial charge in [0.1, 0.15) is 11.2 Å². The fourth-order valence-electron chi connectivity index (χ4n) is 1.91. The number of hydrazine groups is 1. The van der Waals surface area contributed by atoms with Gasteiger partial charge in [-0.2, -0.15) is 16.7 Å². The largest absolute Gasteiger partial charge is 0.338 e. The van der Waals surface area contributed by atoms with Gasteiger partial charge in [0, 0.05) is 30.0 Å². The van der Waals surface area contributed by atoms with E-state index in [9.17, 15) is 8.42 Å². The molecular formula is C10H17N5O2S2. The molecular weight excluding hydrogens is 286 g/mol. The molecule has 1 aliphatic heterocycles. The summed E-state index contributed by atoms with van der Waals surface area (Å²) in [4.78, 5) is 9.97. The van der Waals surface area contributed by atoms with Crippen molar-refractivity contribution in [3.63, 3.8) is 0 Å². The Balaban J connectivity index is 2.34. The van der Waals surface area contributed by atoms with Crippen molar-refractivity contribution in [1.29, 1.82) is 0 Å². The molecule has 7 nitrogen and oxygen atoms in total. The van der Waals surface area contributed by atoms with Crippen LogP contribution >= 0.6 is 11.8 Å². The Hall–Kier alpha value is -1.06. The van der Waals surface area contributed by atoms with Crippen LogP contribution in [0, 0.1) is 0 Å². The fraction of sp³-hybridized carbons (Fsp3) is 0.600. The molecule has 2 rings (SSSR count). The fourth-order valence-corrected chi connectivity index (χ4v) is 4.89. The van der Waals surface area contributed by atoms with Crippen LogP contribution in [0.25, 0.3) is 0 Å². The predicted molar refractivity (Wildman–Crippen MR) is 77.8 cm³/mol. The van der Waals surface area contributed by atoms with E-state index >= 15 is 0 Å². The van der Waals surface area contributed by atoms with E-state index in [2.05, 4.69) is 15.4 Å². The van der Waals surface area contributed by atoms with E-state index in [1.165, 1.54) is 0 Å². The molecule has 0 spiro atoms. The SMILES string of the molecule is CCS(=O)(=O)C1CSCCN1c1ccnc(NN)n1. The first-order valence-electron chi connectivity index (χ1n) is 5.94. The van der Waals surface area contributed by atoms with Gasteiger partial charge in [-0.05, 0) is 6.07 Å². The van der Waals surface area contributed by atoms with Crippen molar-refractivity contribution in [2.24, 2.45) is 5.84 Å². The zero-order valence-electron chi connectivity index (χ0n) is 10.6. The van der Waals surface area contributed by atoms with Gasteiger partial charge < -0.3 is 4.90 Å². The van der Waals surface area contributed by atoms with Gasteiger partial charge in [-0.3, -0.25) is 5.43 Å². The Bertz CT molecular complexity index is 536. The summed E-state index contributed by atoms with van der Waals surface area (Å²) in [6.45, 7) is 2.31. The number of hydrogen-bond acceptors (Lipinski definition) is 8. The normalized spacial score (nSPS) is 20.3. The number of thioether (sulfide) groups is 1. The van der Waals surface area contributed by atoms with E-state index in [-0.39, 0.29) is 11.7 Å². The molecule has 2 heterocycles. The maximum Gasteiger partial charge on any atom is 0.239 e. The van der Waals surface area contributed by atoms with Gasteiger partial charge >= 0.3 is 0 Å². The number of anilines is 2. The van der Waals surface area contributed by atoms with Crippen LogP contribution in [0.5, 0.6) is 0 Å². The standard InChI is InChI=1S/C10H17N5O2S2/c1-2-19(16,17)9-7-18-6-5-15(9)8-3-4-12-10(13-8)14-11/h3-4,9H,2,5-7,11H2,1H3,(H,12,13,14). The van der Waals surface area contributed by atoms with E-state index in [0.29, 0.717) is 18.1 Å². The van der Waals surface area contributed by atoms with Gasteiger partial charge in [-0.1, -0.05) is 6.92 Å². The number of nitrogens with two attached hydrogens (primary N) is 1. The Kier molecular flexibility index (Phi) is 4.48. The zero-order chi connectivity index (χ0) is 13.9. The molecule has 1 aromatic heterocycles. The second-order valence-corrected chi connectivity index (χ2v) is 7.65. The Morgan fingerprint density at radius 3 is 3.11 bits per heavy atom. The molecule has 0 saturated carbocycles. The van der Waals surface area contributed by atoms with Crippen LogP contribution in [0.2, 0.25) is 0 Å². The van der Waals surface area contributed by atoms with Crippen LogP contribution in [0.15, 0.2) is 12.3 Å². The average molecular weight is 303 g/mol. The van der Waals surface area contributed by atoms with E-state index in [1.807, 2.05) is 4.90 Å². The van der Waals surface area contributed by atoms with Crippen LogP contribution in [0.3, 0.4) is 0 Å². The molecule has 19 heavy (non-hydrogen) atoms. The molecule has 0 radical (unpaired) electrons. The molecule has 0 aromatic carbocycles. The zero-order valence-corrected chi connectivity index (χ0v) is 12.2. The minimum absolute atomic E-state index is 0.127. The van der Waals surface area contributed by atoms with E-state index in [0.717, 1.165) is 5.75 Å². The maximum atomic E-state index is 12.2. The highest BCUT2D eigenvalue weighted by atomic mass is 32.2. The third-order valence-corrected chi connectivity index (χ3v) is 6.25. The summed E-state index contributed by atoms with van der Waals surface area (Å²) in [5, 5.41) is -0.531. The van der Waals surface area contributed by atoms with Gasteiger partial charge in [0.15, 0.2) is 9.84 Å². The number of nitrogen functional groups attached to an aromatic ring is 1. The van der Waals surface area contributed by atoms with Crippen molar-refractivity contribution < 1.29 is 8.42 Å². The van der Waals surface area contributed by atoms with Gasteiger partial charge in [0.25, 0.3) is 0 Å². The number of rotatable bonds is 4. The predicted octanol–water partition coefficient (Wildman–Crippen LogP) is 0.0762. The molecule has 1 saturated heterocycles. The van der Waals surface area contributed by atoms with E-state index < -0.39 is 15.2 Å². The van der Waals surface area contributed by atoms with Crippen LogP contribution in [0.4, 0.5) is 11.8 Å². The van der Waals surface area contributed by atoms with Crippen molar-refractivity contribution in [3.05, 3.63) is 12.3 Å². The molecule has 0 bridgehead atoms. The van der Waals surface area contributed by atoms with Crippen molar-refractivity contribution >= 4 is 33.4 Å². The van der Waals surface area contributed by atoms with Crippen molar-refractivity contribution in [3.8, 4) is 0 Å². The Morgan fingerprint density at radius 2 is 2.42 bits per heavy atom. The Morgan fingerprint density at radius 1 is 1.63 bits per heavy atom. The molecule has 1 aliphatic rings. The smallest absolute Gasteiger partial charge is 0.239 e. The van der Waals surface area contributed by atoms with Gasteiger partial charge in [0.05, 0.1) is 0 Å². The second kappa shape index (κ2) is 5.93. The van der Waals surface area contributed by atoms with Crippen molar-refractivity contribution in [2.75, 3.05) is 34.1 Å². The molecule has 106 valence electrons. The lowest BCUT2D eigenvalue weighted by molar-refractivity contribution is 0.579. The maximum absolute atomic E-state index is 12.2. The second-order valence-electron chi connectivity index (χ2n) is 4.06. The number of sulfone groups is 1. The summed E-state index contributed by atoms with van der Waals surface area (Å²) >= 11 is 1.65. The highest BCUT2D eigenvalue weighted by Gasteiger charge is 2.33. The van der Waals surface area contributed by atoms with Crippen LogP contribution in [0.1, 0.15) is 6.92 Å². The van der Waals surface area contributed by atoms with Crippen LogP contribution < -0.4 is 16.2 Å². The summed E-state index contributed by atoms with van der Waals surface area (Å²) in [5.41, 5.74) is 2.37. The molecule has 9 heteroatoms. The van der Waals surface area contributed by atoms with Gasteiger partial charge in [-0.15, -0.1) is 0 Å². The van der Waals surface area contributed by atoms with Crippen LogP contribution in [-0.4, -0.2) is 47.6 Å². The molecule has 1 fully saturated rings. The molecule has 0 amide bonds. The highest BCUT2D eigenvalue weighted by Crippen LogP contribution is 2.26. The lowest BCUT2D eigenvalue weighted by Gasteiger charge is -2.35. The third kappa shape index (κ3) is 3.10. The average Bonchev–Trinajstić information content (AvgIpc) is 2.47. The number of nitrogens with one attached hydrogen (secondary N) is 1. The first-order chi connectivity index (χ1) is 9.08. The topological polar surface area (TPSA) is 101 Å². The molecule has 0 aliphatic carbocycles. The number of aromatic nitrogens is 2. The summed E-state index contributed by atoms with van der Waals surface area (Å²) < 4.78 is 24.3.